The van der Waals surface area contributed by atoms with Gasteiger partial charge in [0.25, 0.3) is 0 Å². The number of hydrogen-bond acceptors (Lipinski definition) is 4. The van der Waals surface area contributed by atoms with E-state index in [1.807, 2.05) is 6.92 Å². The molecule has 3 atom stereocenters. The molecule has 3 unspecified atom stereocenters. The Kier molecular flexibility index (Phi) is 5.07. The fraction of sp³-hybridized carbons (Fsp3) is 0.562. The SMILES string of the molecule is CCNC(=NCC(=O)Nc1cccnc1)NC1CC2CCC1O2. The Labute approximate surface area is 135 Å². The lowest BCUT2D eigenvalue weighted by molar-refractivity contribution is -0.114. The van der Waals surface area contributed by atoms with Gasteiger partial charge in [-0.2, -0.15) is 0 Å². The Bertz CT molecular complexity index is 563. The van der Waals surface area contributed by atoms with Crippen LogP contribution in [0.3, 0.4) is 0 Å². The third-order valence-electron chi connectivity index (χ3n) is 4.10. The number of pyridine rings is 1. The number of hydrogen-bond donors (Lipinski definition) is 3. The zero-order valence-corrected chi connectivity index (χ0v) is 13.3. The van der Waals surface area contributed by atoms with Crippen LogP contribution < -0.4 is 16.0 Å². The van der Waals surface area contributed by atoms with Crippen molar-refractivity contribution in [2.75, 3.05) is 18.4 Å². The molecule has 2 aliphatic heterocycles. The third kappa shape index (κ3) is 4.19. The van der Waals surface area contributed by atoms with E-state index in [9.17, 15) is 4.79 Å². The van der Waals surface area contributed by atoms with E-state index in [-0.39, 0.29) is 24.6 Å². The maximum Gasteiger partial charge on any atom is 0.246 e. The molecule has 0 spiro atoms. The Hall–Kier alpha value is -2.15. The van der Waals surface area contributed by atoms with Gasteiger partial charge < -0.3 is 20.7 Å². The average molecular weight is 317 g/mol. The van der Waals surface area contributed by atoms with Crippen LogP contribution in [0.5, 0.6) is 0 Å². The first-order valence-electron chi connectivity index (χ1n) is 8.14. The molecule has 0 aromatic carbocycles. The summed E-state index contributed by atoms with van der Waals surface area (Å²) >= 11 is 0. The van der Waals surface area contributed by atoms with Crippen molar-refractivity contribution in [1.29, 1.82) is 0 Å². The van der Waals surface area contributed by atoms with Gasteiger partial charge in [-0.15, -0.1) is 0 Å². The summed E-state index contributed by atoms with van der Waals surface area (Å²) in [5.74, 6) is 0.495. The number of aromatic nitrogens is 1. The number of fused-ring (bicyclic) bond motifs is 2. The third-order valence-corrected chi connectivity index (χ3v) is 4.10. The van der Waals surface area contributed by atoms with E-state index in [2.05, 4.69) is 25.9 Å². The summed E-state index contributed by atoms with van der Waals surface area (Å²) < 4.78 is 5.84. The standard InChI is InChI=1S/C16H23N5O2/c1-2-18-16(21-13-8-12-5-6-14(13)23-12)19-10-15(22)20-11-4-3-7-17-9-11/h3-4,7,9,12-14H,2,5-6,8,10H2,1H3,(H,20,22)(H2,18,19,21). The molecule has 2 bridgehead atoms. The Morgan fingerprint density at radius 1 is 1.48 bits per heavy atom. The molecule has 2 aliphatic rings. The largest absolute Gasteiger partial charge is 0.373 e. The highest BCUT2D eigenvalue weighted by Crippen LogP contribution is 2.34. The van der Waals surface area contributed by atoms with Crippen molar-refractivity contribution in [1.82, 2.24) is 15.6 Å². The number of aliphatic imine (C=N–C) groups is 1. The molecule has 3 N–H and O–H groups in total. The molecule has 7 nitrogen and oxygen atoms in total. The zero-order valence-electron chi connectivity index (χ0n) is 13.3. The molecular formula is C16H23N5O2. The first-order chi connectivity index (χ1) is 11.2. The van der Waals surface area contributed by atoms with Gasteiger partial charge in [0.1, 0.15) is 6.54 Å². The van der Waals surface area contributed by atoms with Gasteiger partial charge in [0.05, 0.1) is 30.1 Å². The zero-order chi connectivity index (χ0) is 16.1. The van der Waals surface area contributed by atoms with Crippen molar-refractivity contribution < 1.29 is 9.53 Å². The summed E-state index contributed by atoms with van der Waals surface area (Å²) in [7, 11) is 0. The van der Waals surface area contributed by atoms with Crippen LogP contribution in [0.2, 0.25) is 0 Å². The molecule has 2 fully saturated rings. The number of rotatable bonds is 5. The number of carbonyl (C=O) groups is 1. The van der Waals surface area contributed by atoms with Crippen molar-refractivity contribution in [3.8, 4) is 0 Å². The molecule has 3 rings (SSSR count). The van der Waals surface area contributed by atoms with E-state index >= 15 is 0 Å². The smallest absolute Gasteiger partial charge is 0.246 e. The van der Waals surface area contributed by atoms with E-state index in [1.165, 1.54) is 0 Å². The Morgan fingerprint density at radius 2 is 2.39 bits per heavy atom. The highest BCUT2D eigenvalue weighted by atomic mass is 16.5. The van der Waals surface area contributed by atoms with Gasteiger partial charge >= 0.3 is 0 Å². The van der Waals surface area contributed by atoms with Crippen LogP contribution in [-0.4, -0.2) is 48.2 Å². The first-order valence-corrected chi connectivity index (χ1v) is 8.14. The van der Waals surface area contributed by atoms with E-state index in [0.717, 1.165) is 25.8 Å². The molecule has 0 saturated carbocycles. The van der Waals surface area contributed by atoms with E-state index in [0.29, 0.717) is 17.8 Å². The Morgan fingerprint density at radius 3 is 3.04 bits per heavy atom. The van der Waals surface area contributed by atoms with Crippen LogP contribution in [0.1, 0.15) is 26.2 Å². The monoisotopic (exact) mass is 317 g/mol. The number of carbonyl (C=O) groups excluding carboxylic acids is 1. The fourth-order valence-corrected chi connectivity index (χ4v) is 3.07. The lowest BCUT2D eigenvalue weighted by atomic mass is 9.96. The molecule has 124 valence electrons. The summed E-state index contributed by atoms with van der Waals surface area (Å²) in [6.07, 6.45) is 7.20. The number of nitrogens with one attached hydrogen (secondary N) is 3. The molecule has 2 saturated heterocycles. The molecule has 1 aromatic heterocycles. The minimum atomic E-state index is -0.167. The van der Waals surface area contributed by atoms with Crippen LogP contribution in [0.4, 0.5) is 5.69 Å². The number of nitrogens with zero attached hydrogens (tertiary/aromatic N) is 2. The van der Waals surface area contributed by atoms with Crippen molar-refractivity contribution in [3.05, 3.63) is 24.5 Å². The van der Waals surface area contributed by atoms with Gasteiger partial charge in [-0.3, -0.25) is 9.78 Å². The summed E-state index contributed by atoms with van der Waals surface area (Å²) in [5, 5.41) is 9.34. The van der Waals surface area contributed by atoms with Gasteiger partial charge in [0.15, 0.2) is 5.96 Å². The normalized spacial score (nSPS) is 26.1. The second kappa shape index (κ2) is 7.41. The molecular weight excluding hydrogens is 294 g/mol. The van der Waals surface area contributed by atoms with Gasteiger partial charge in [-0.1, -0.05) is 0 Å². The average Bonchev–Trinajstić information content (AvgIpc) is 3.16. The van der Waals surface area contributed by atoms with Crippen LogP contribution in [0.15, 0.2) is 29.5 Å². The lowest BCUT2D eigenvalue weighted by Crippen LogP contribution is -2.47. The predicted molar refractivity (Wildman–Crippen MR) is 88.3 cm³/mol. The van der Waals surface area contributed by atoms with Crippen LogP contribution >= 0.6 is 0 Å². The fourth-order valence-electron chi connectivity index (χ4n) is 3.07. The van der Waals surface area contributed by atoms with Crippen LogP contribution in [-0.2, 0) is 9.53 Å². The topological polar surface area (TPSA) is 87.6 Å². The predicted octanol–water partition coefficient (Wildman–Crippen LogP) is 0.895. The van der Waals surface area contributed by atoms with E-state index < -0.39 is 0 Å². The maximum absolute atomic E-state index is 12.0. The first kappa shape index (κ1) is 15.7. The molecule has 0 aliphatic carbocycles. The van der Waals surface area contributed by atoms with Crippen molar-refractivity contribution in [2.24, 2.45) is 4.99 Å². The quantitative estimate of drug-likeness (QED) is 0.555. The van der Waals surface area contributed by atoms with Crippen molar-refractivity contribution >= 4 is 17.6 Å². The van der Waals surface area contributed by atoms with Crippen LogP contribution in [0.25, 0.3) is 0 Å². The molecule has 7 heteroatoms. The van der Waals surface area contributed by atoms with Gasteiger partial charge in [0.2, 0.25) is 5.91 Å². The molecule has 0 radical (unpaired) electrons. The molecule has 1 aromatic rings. The number of anilines is 1. The molecule has 1 amide bonds. The minimum Gasteiger partial charge on any atom is -0.373 e. The molecule has 3 heterocycles. The summed E-state index contributed by atoms with van der Waals surface area (Å²) in [4.78, 5) is 20.3. The summed E-state index contributed by atoms with van der Waals surface area (Å²) in [5.41, 5.74) is 0.673. The number of guanidine groups is 1. The second-order valence-corrected chi connectivity index (χ2v) is 5.85. The second-order valence-electron chi connectivity index (χ2n) is 5.85. The van der Waals surface area contributed by atoms with E-state index in [4.69, 9.17) is 4.74 Å². The summed E-state index contributed by atoms with van der Waals surface area (Å²) in [6, 6.07) is 3.86. The number of amides is 1. The van der Waals surface area contributed by atoms with Crippen molar-refractivity contribution in [3.63, 3.8) is 0 Å². The lowest BCUT2D eigenvalue weighted by Gasteiger charge is -2.22. The van der Waals surface area contributed by atoms with Gasteiger partial charge in [-0.05, 0) is 38.3 Å². The van der Waals surface area contributed by atoms with Crippen molar-refractivity contribution in [2.45, 2.75) is 44.4 Å². The van der Waals surface area contributed by atoms with Gasteiger partial charge in [0, 0.05) is 12.7 Å². The van der Waals surface area contributed by atoms with Gasteiger partial charge in [-0.25, -0.2) is 4.99 Å². The highest BCUT2D eigenvalue weighted by Gasteiger charge is 2.41. The maximum atomic E-state index is 12.0. The molecule has 23 heavy (non-hydrogen) atoms. The summed E-state index contributed by atoms with van der Waals surface area (Å²) in [6.45, 7) is 2.81. The Balaban J connectivity index is 1.53. The van der Waals surface area contributed by atoms with E-state index in [1.54, 1.807) is 24.5 Å². The minimum absolute atomic E-state index is 0.0614. The number of ether oxygens (including phenoxy) is 1. The highest BCUT2D eigenvalue weighted by molar-refractivity contribution is 5.93. The van der Waals surface area contributed by atoms with Crippen LogP contribution in [0, 0.1) is 0 Å².